The van der Waals surface area contributed by atoms with Crippen molar-refractivity contribution in [3.63, 3.8) is 0 Å². The summed E-state index contributed by atoms with van der Waals surface area (Å²) in [5.74, 6) is 0.604. The van der Waals surface area contributed by atoms with Crippen LogP contribution in [0.4, 0.5) is 0 Å². The lowest BCUT2D eigenvalue weighted by atomic mass is 9.64. The van der Waals surface area contributed by atoms with E-state index < -0.39 is 0 Å². The number of benzene rings is 1. The van der Waals surface area contributed by atoms with Crippen molar-refractivity contribution in [3.8, 4) is 0 Å². The maximum atomic E-state index is 11.4. The highest BCUT2D eigenvalue weighted by atomic mass is 16.1. The number of fused-ring (bicyclic) bond motifs is 2. The molecule has 3 rings (SSSR count). The molecule has 100 valence electrons. The third-order valence-electron chi connectivity index (χ3n) is 5.00. The molecule has 0 radical (unpaired) electrons. The van der Waals surface area contributed by atoms with Gasteiger partial charge in [-0.3, -0.25) is 4.79 Å². The van der Waals surface area contributed by atoms with E-state index in [0.29, 0.717) is 5.92 Å². The smallest absolute Gasteiger partial charge is 0.242 e. The molecule has 1 amide bonds. The standard InChI is InChI=1S/C17H21NO/c1-12-7-5-6-10-17(12)11-16(18-13(2)19)14-8-3-4-9-15(14)17/h3-4,8-9,12H,5-7,10-11H2,1-2H3/b18-16+. The number of hydrogen-bond acceptors (Lipinski definition) is 1. The fourth-order valence-electron chi connectivity index (χ4n) is 4.02. The number of hydrogen-bond donors (Lipinski definition) is 0. The summed E-state index contributed by atoms with van der Waals surface area (Å²) in [6, 6.07) is 8.56. The number of aliphatic imine (C=N–C) groups is 1. The van der Waals surface area contributed by atoms with Crippen LogP contribution in [-0.4, -0.2) is 11.6 Å². The number of nitrogens with zero attached hydrogens (tertiary/aromatic N) is 1. The first-order valence-electron chi connectivity index (χ1n) is 7.31. The van der Waals surface area contributed by atoms with Gasteiger partial charge < -0.3 is 0 Å². The Labute approximate surface area is 114 Å². The van der Waals surface area contributed by atoms with Crippen molar-refractivity contribution < 1.29 is 4.79 Å². The zero-order valence-electron chi connectivity index (χ0n) is 11.8. The van der Waals surface area contributed by atoms with Crippen molar-refractivity contribution in [2.45, 2.75) is 51.4 Å². The van der Waals surface area contributed by atoms with Gasteiger partial charge in [0.05, 0.1) is 5.71 Å². The predicted molar refractivity (Wildman–Crippen MR) is 77.6 cm³/mol. The summed E-state index contributed by atoms with van der Waals surface area (Å²) in [6.07, 6.45) is 6.12. The Hall–Kier alpha value is -1.44. The maximum absolute atomic E-state index is 11.4. The molecule has 0 N–H and O–H groups in total. The van der Waals surface area contributed by atoms with Crippen LogP contribution in [0.2, 0.25) is 0 Å². The second-order valence-electron chi connectivity index (χ2n) is 6.10. The van der Waals surface area contributed by atoms with Gasteiger partial charge in [-0.2, -0.15) is 0 Å². The summed E-state index contributed by atoms with van der Waals surface area (Å²) in [4.78, 5) is 15.7. The molecule has 2 aliphatic carbocycles. The molecule has 0 aromatic heterocycles. The molecule has 0 heterocycles. The van der Waals surface area contributed by atoms with Gasteiger partial charge in [0.2, 0.25) is 5.91 Å². The fourth-order valence-corrected chi connectivity index (χ4v) is 4.02. The molecule has 1 saturated carbocycles. The third-order valence-corrected chi connectivity index (χ3v) is 5.00. The summed E-state index contributed by atoms with van der Waals surface area (Å²) in [5.41, 5.74) is 3.90. The molecule has 2 aliphatic rings. The number of carbonyl (C=O) groups excluding carboxylic acids is 1. The summed E-state index contributed by atoms with van der Waals surface area (Å²) in [6.45, 7) is 3.91. The third kappa shape index (κ3) is 1.94. The SMILES string of the molecule is CC(=O)/N=C1\CC2(CCCCC2C)c2ccccc21. The first-order chi connectivity index (χ1) is 9.13. The molecule has 1 spiro atoms. The summed E-state index contributed by atoms with van der Waals surface area (Å²) >= 11 is 0. The zero-order valence-corrected chi connectivity index (χ0v) is 11.8. The van der Waals surface area contributed by atoms with Crippen molar-refractivity contribution in [2.75, 3.05) is 0 Å². The van der Waals surface area contributed by atoms with Gasteiger partial charge in [0.15, 0.2) is 0 Å². The van der Waals surface area contributed by atoms with Gasteiger partial charge in [-0.15, -0.1) is 0 Å². The Morgan fingerprint density at radius 2 is 2.11 bits per heavy atom. The molecular weight excluding hydrogens is 234 g/mol. The van der Waals surface area contributed by atoms with Crippen LogP contribution in [-0.2, 0) is 10.2 Å². The second-order valence-corrected chi connectivity index (χ2v) is 6.10. The van der Waals surface area contributed by atoms with Crippen molar-refractivity contribution >= 4 is 11.6 Å². The van der Waals surface area contributed by atoms with E-state index in [1.807, 2.05) is 0 Å². The van der Waals surface area contributed by atoms with Crippen LogP contribution in [0.3, 0.4) is 0 Å². The molecule has 2 heteroatoms. The minimum atomic E-state index is -0.0784. The van der Waals surface area contributed by atoms with Crippen molar-refractivity contribution in [1.29, 1.82) is 0 Å². The van der Waals surface area contributed by atoms with Gasteiger partial charge in [0, 0.05) is 18.8 Å². The van der Waals surface area contributed by atoms with Crippen LogP contribution in [0.25, 0.3) is 0 Å². The average Bonchev–Trinajstić information content (AvgIpc) is 2.69. The number of rotatable bonds is 0. The molecule has 2 unspecified atom stereocenters. The van der Waals surface area contributed by atoms with Crippen LogP contribution < -0.4 is 0 Å². The highest BCUT2D eigenvalue weighted by molar-refractivity contribution is 6.10. The first-order valence-corrected chi connectivity index (χ1v) is 7.31. The van der Waals surface area contributed by atoms with E-state index in [1.165, 1.54) is 36.8 Å². The molecule has 1 aromatic rings. The summed E-state index contributed by atoms with van der Waals surface area (Å²) in [5, 5.41) is 0. The monoisotopic (exact) mass is 255 g/mol. The fraction of sp³-hybridized carbons (Fsp3) is 0.529. The molecule has 2 nitrogen and oxygen atoms in total. The summed E-state index contributed by atoms with van der Waals surface area (Å²) in [7, 11) is 0. The average molecular weight is 255 g/mol. The molecular formula is C17H21NO. The Bertz CT molecular complexity index is 546. The highest BCUT2D eigenvalue weighted by Gasteiger charge is 2.46. The highest BCUT2D eigenvalue weighted by Crippen LogP contribution is 2.51. The lowest BCUT2D eigenvalue weighted by molar-refractivity contribution is -0.115. The van der Waals surface area contributed by atoms with Crippen LogP contribution in [0, 0.1) is 5.92 Å². The topological polar surface area (TPSA) is 29.4 Å². The molecule has 19 heavy (non-hydrogen) atoms. The largest absolute Gasteiger partial charge is 0.273 e. The molecule has 1 aromatic carbocycles. The van der Waals surface area contributed by atoms with Crippen LogP contribution in [0.15, 0.2) is 29.3 Å². The van der Waals surface area contributed by atoms with E-state index in [-0.39, 0.29) is 11.3 Å². The van der Waals surface area contributed by atoms with E-state index in [2.05, 4.69) is 36.2 Å². The Balaban J connectivity index is 2.13. The molecule has 0 aliphatic heterocycles. The predicted octanol–water partition coefficient (Wildman–Crippen LogP) is 3.87. The van der Waals surface area contributed by atoms with E-state index in [4.69, 9.17) is 0 Å². The van der Waals surface area contributed by atoms with Gasteiger partial charge >= 0.3 is 0 Å². The normalized spacial score (nSPS) is 31.7. The van der Waals surface area contributed by atoms with Crippen LogP contribution >= 0.6 is 0 Å². The maximum Gasteiger partial charge on any atom is 0.242 e. The minimum absolute atomic E-state index is 0.0784. The van der Waals surface area contributed by atoms with E-state index in [9.17, 15) is 4.79 Å². The first kappa shape index (κ1) is 12.6. The lowest BCUT2D eigenvalue weighted by Gasteiger charge is -2.40. The number of carbonyl (C=O) groups is 1. The van der Waals surface area contributed by atoms with Gasteiger partial charge in [0.1, 0.15) is 0 Å². The van der Waals surface area contributed by atoms with Crippen molar-refractivity contribution in [1.82, 2.24) is 0 Å². The molecule has 0 bridgehead atoms. The van der Waals surface area contributed by atoms with Crippen LogP contribution in [0.1, 0.15) is 57.1 Å². The zero-order chi connectivity index (χ0) is 13.5. The van der Waals surface area contributed by atoms with Gasteiger partial charge in [0.25, 0.3) is 0 Å². The molecule has 2 atom stereocenters. The second kappa shape index (κ2) is 4.59. The van der Waals surface area contributed by atoms with Crippen molar-refractivity contribution in [2.24, 2.45) is 10.9 Å². The summed E-state index contributed by atoms with van der Waals surface area (Å²) < 4.78 is 0. The molecule has 0 saturated heterocycles. The lowest BCUT2D eigenvalue weighted by Crippen LogP contribution is -2.34. The van der Waals surface area contributed by atoms with Gasteiger partial charge in [-0.1, -0.05) is 44.0 Å². The Morgan fingerprint density at radius 3 is 2.84 bits per heavy atom. The Morgan fingerprint density at radius 1 is 1.32 bits per heavy atom. The van der Waals surface area contributed by atoms with Crippen molar-refractivity contribution in [3.05, 3.63) is 35.4 Å². The Kier molecular flexibility index (Phi) is 3.04. The van der Waals surface area contributed by atoms with E-state index >= 15 is 0 Å². The van der Waals surface area contributed by atoms with E-state index in [0.717, 1.165) is 12.1 Å². The van der Waals surface area contributed by atoms with Gasteiger partial charge in [-0.05, 0) is 29.9 Å². The van der Waals surface area contributed by atoms with Gasteiger partial charge in [-0.25, -0.2) is 4.99 Å². The minimum Gasteiger partial charge on any atom is -0.273 e. The van der Waals surface area contributed by atoms with E-state index in [1.54, 1.807) is 6.92 Å². The molecule has 1 fully saturated rings. The number of amides is 1. The van der Waals surface area contributed by atoms with Crippen LogP contribution in [0.5, 0.6) is 0 Å². The quantitative estimate of drug-likeness (QED) is 0.692.